The molecule has 1 amide bonds. The zero-order valence-electron chi connectivity index (χ0n) is 16.3. The van der Waals surface area contributed by atoms with Crippen LogP contribution in [0.1, 0.15) is 31.0 Å². The summed E-state index contributed by atoms with van der Waals surface area (Å²) in [6, 6.07) is 15.9. The van der Waals surface area contributed by atoms with Crippen LogP contribution >= 0.6 is 0 Å². The molecule has 1 N–H and O–H groups in total. The van der Waals surface area contributed by atoms with E-state index in [0.717, 1.165) is 35.7 Å². The molecule has 5 heteroatoms. The van der Waals surface area contributed by atoms with Crippen molar-refractivity contribution in [2.45, 2.75) is 26.4 Å². The number of amides is 1. The van der Waals surface area contributed by atoms with E-state index >= 15 is 0 Å². The Labute approximate surface area is 161 Å². The van der Waals surface area contributed by atoms with E-state index in [2.05, 4.69) is 30.1 Å². The molecule has 0 radical (unpaired) electrons. The Kier molecular flexibility index (Phi) is 6.35. The van der Waals surface area contributed by atoms with Crippen molar-refractivity contribution in [2.75, 3.05) is 26.8 Å². The van der Waals surface area contributed by atoms with E-state index in [1.807, 2.05) is 42.5 Å². The number of rotatable bonds is 6. The van der Waals surface area contributed by atoms with E-state index in [0.29, 0.717) is 13.2 Å². The Hall–Kier alpha value is -2.53. The molecular formula is C22H28N2O3. The molecule has 5 nitrogen and oxygen atoms in total. The van der Waals surface area contributed by atoms with Gasteiger partial charge in [-0.15, -0.1) is 0 Å². The lowest BCUT2D eigenvalue weighted by Gasteiger charge is -2.25. The van der Waals surface area contributed by atoms with Crippen molar-refractivity contribution in [3.63, 3.8) is 0 Å². The molecule has 1 unspecified atom stereocenters. The molecule has 2 aromatic carbocycles. The minimum atomic E-state index is -0.0288. The van der Waals surface area contributed by atoms with Gasteiger partial charge in [0.05, 0.1) is 19.7 Å². The normalized spacial score (nSPS) is 15.4. The summed E-state index contributed by atoms with van der Waals surface area (Å²) >= 11 is 0. The summed E-state index contributed by atoms with van der Waals surface area (Å²) in [6.07, 6.45) is 0. The zero-order chi connectivity index (χ0) is 19.2. The Bertz CT molecular complexity index is 758. The van der Waals surface area contributed by atoms with Crippen LogP contribution in [0.4, 0.5) is 0 Å². The summed E-state index contributed by atoms with van der Waals surface area (Å²) in [5, 5.41) is 3.20. The molecule has 1 aliphatic rings. The van der Waals surface area contributed by atoms with Crippen molar-refractivity contribution in [1.29, 1.82) is 0 Å². The number of hydrogen-bond acceptors (Lipinski definition) is 4. The highest BCUT2D eigenvalue weighted by molar-refractivity contribution is 5.78. The van der Waals surface area contributed by atoms with Gasteiger partial charge in [0.1, 0.15) is 18.1 Å². The van der Waals surface area contributed by atoms with Crippen LogP contribution in [0.3, 0.4) is 0 Å². The van der Waals surface area contributed by atoms with Gasteiger partial charge in [0, 0.05) is 18.7 Å². The smallest absolute Gasteiger partial charge is 0.234 e. The van der Waals surface area contributed by atoms with E-state index in [1.165, 1.54) is 0 Å². The van der Waals surface area contributed by atoms with Gasteiger partial charge < -0.3 is 14.8 Å². The van der Waals surface area contributed by atoms with Gasteiger partial charge in [-0.1, -0.05) is 44.2 Å². The Morgan fingerprint density at radius 1 is 1.19 bits per heavy atom. The van der Waals surface area contributed by atoms with Crippen LogP contribution in [-0.4, -0.2) is 37.6 Å². The maximum atomic E-state index is 12.7. The lowest BCUT2D eigenvalue weighted by atomic mass is 9.96. The second-order valence-corrected chi connectivity index (χ2v) is 7.23. The Morgan fingerprint density at radius 2 is 1.93 bits per heavy atom. The van der Waals surface area contributed by atoms with Gasteiger partial charge >= 0.3 is 0 Å². The average Bonchev–Trinajstić information content (AvgIpc) is 2.87. The third-order valence-corrected chi connectivity index (χ3v) is 4.86. The number of nitrogens with one attached hydrogen (secondary N) is 1. The van der Waals surface area contributed by atoms with Gasteiger partial charge in [0.25, 0.3) is 0 Å². The lowest BCUT2D eigenvalue weighted by Crippen LogP contribution is -2.40. The highest BCUT2D eigenvalue weighted by Crippen LogP contribution is 2.25. The van der Waals surface area contributed by atoms with E-state index in [9.17, 15) is 4.79 Å². The molecule has 1 aliphatic heterocycles. The number of carbonyl (C=O) groups excluding carboxylic acids is 1. The highest BCUT2D eigenvalue weighted by atomic mass is 16.5. The van der Waals surface area contributed by atoms with E-state index in [4.69, 9.17) is 9.47 Å². The third kappa shape index (κ3) is 5.01. The molecule has 0 fully saturated rings. The molecular weight excluding hydrogens is 340 g/mol. The monoisotopic (exact) mass is 368 g/mol. The number of methoxy groups -OCH3 is 1. The zero-order valence-corrected chi connectivity index (χ0v) is 16.3. The lowest BCUT2D eigenvalue weighted by molar-refractivity contribution is -0.123. The van der Waals surface area contributed by atoms with E-state index in [1.54, 1.807) is 7.11 Å². The van der Waals surface area contributed by atoms with Crippen LogP contribution in [0.5, 0.6) is 11.5 Å². The number of ether oxygens (including phenoxy) is 2. The maximum Gasteiger partial charge on any atom is 0.234 e. The van der Waals surface area contributed by atoms with E-state index in [-0.39, 0.29) is 17.9 Å². The van der Waals surface area contributed by atoms with Gasteiger partial charge in [-0.05, 0) is 29.7 Å². The number of hydrogen-bond donors (Lipinski definition) is 1. The van der Waals surface area contributed by atoms with Crippen molar-refractivity contribution < 1.29 is 14.3 Å². The third-order valence-electron chi connectivity index (χ3n) is 4.86. The van der Waals surface area contributed by atoms with Gasteiger partial charge in [0.2, 0.25) is 5.91 Å². The predicted octanol–water partition coefficient (Wildman–Crippen LogP) is 3.40. The molecule has 0 aromatic heterocycles. The Morgan fingerprint density at radius 3 is 2.63 bits per heavy atom. The summed E-state index contributed by atoms with van der Waals surface area (Å²) in [5.74, 6) is 2.05. The first kappa shape index (κ1) is 19.2. The molecule has 1 heterocycles. The number of para-hydroxylation sites is 1. The summed E-state index contributed by atoms with van der Waals surface area (Å²) in [6.45, 7) is 6.64. The molecule has 0 aliphatic carbocycles. The quantitative estimate of drug-likeness (QED) is 0.849. The molecule has 144 valence electrons. The predicted molar refractivity (Wildman–Crippen MR) is 106 cm³/mol. The van der Waals surface area contributed by atoms with Gasteiger partial charge in [0.15, 0.2) is 0 Å². The van der Waals surface area contributed by atoms with Crippen molar-refractivity contribution in [2.24, 2.45) is 5.92 Å². The number of fused-ring (bicyclic) bond motifs is 1. The number of carbonyl (C=O) groups is 1. The van der Waals surface area contributed by atoms with Gasteiger partial charge in [-0.2, -0.15) is 0 Å². The van der Waals surface area contributed by atoms with Crippen molar-refractivity contribution in [1.82, 2.24) is 10.2 Å². The minimum absolute atomic E-state index is 0.0288. The van der Waals surface area contributed by atoms with Crippen molar-refractivity contribution >= 4 is 5.91 Å². The van der Waals surface area contributed by atoms with Crippen LogP contribution in [0.25, 0.3) is 0 Å². The van der Waals surface area contributed by atoms with Gasteiger partial charge in [-0.3, -0.25) is 9.69 Å². The Balaban J connectivity index is 1.64. The number of benzene rings is 2. The molecule has 27 heavy (non-hydrogen) atoms. The standard InChI is InChI=1S/C22H28N2O3/c1-16(2)22(17-8-10-19(26-3)11-9-17)23-21(25)15-24-12-13-27-20-7-5-4-6-18(20)14-24/h4-11,16,22H,12-15H2,1-3H3,(H,23,25). The second kappa shape index (κ2) is 8.91. The maximum absolute atomic E-state index is 12.7. The van der Waals surface area contributed by atoms with Crippen LogP contribution in [-0.2, 0) is 11.3 Å². The fourth-order valence-electron chi connectivity index (χ4n) is 3.38. The summed E-state index contributed by atoms with van der Waals surface area (Å²) in [4.78, 5) is 14.9. The topological polar surface area (TPSA) is 50.8 Å². The summed E-state index contributed by atoms with van der Waals surface area (Å²) in [5.41, 5.74) is 2.21. The minimum Gasteiger partial charge on any atom is -0.497 e. The number of nitrogens with zero attached hydrogens (tertiary/aromatic N) is 1. The molecule has 0 saturated heterocycles. The summed E-state index contributed by atoms with van der Waals surface area (Å²) < 4.78 is 11.0. The first-order chi connectivity index (χ1) is 13.1. The van der Waals surface area contributed by atoms with Crippen LogP contribution in [0, 0.1) is 5.92 Å². The molecule has 0 saturated carbocycles. The molecule has 3 rings (SSSR count). The van der Waals surface area contributed by atoms with Crippen LogP contribution < -0.4 is 14.8 Å². The second-order valence-electron chi connectivity index (χ2n) is 7.23. The first-order valence-electron chi connectivity index (χ1n) is 9.43. The van der Waals surface area contributed by atoms with Crippen molar-refractivity contribution in [3.8, 4) is 11.5 Å². The largest absolute Gasteiger partial charge is 0.497 e. The van der Waals surface area contributed by atoms with Crippen molar-refractivity contribution in [3.05, 3.63) is 59.7 Å². The van der Waals surface area contributed by atoms with E-state index < -0.39 is 0 Å². The van der Waals surface area contributed by atoms with Crippen LogP contribution in [0.2, 0.25) is 0 Å². The van der Waals surface area contributed by atoms with Gasteiger partial charge in [-0.25, -0.2) is 0 Å². The first-order valence-corrected chi connectivity index (χ1v) is 9.43. The average molecular weight is 368 g/mol. The summed E-state index contributed by atoms with van der Waals surface area (Å²) in [7, 11) is 1.65. The molecule has 0 bridgehead atoms. The molecule has 2 aromatic rings. The highest BCUT2D eigenvalue weighted by Gasteiger charge is 2.21. The molecule has 0 spiro atoms. The fourth-order valence-corrected chi connectivity index (χ4v) is 3.38. The fraction of sp³-hybridized carbons (Fsp3) is 0.409. The van der Waals surface area contributed by atoms with Crippen LogP contribution in [0.15, 0.2) is 48.5 Å². The molecule has 1 atom stereocenters. The SMILES string of the molecule is COc1ccc(C(NC(=O)CN2CCOc3ccccc3C2)C(C)C)cc1.